The molecule has 122 valence electrons. The van der Waals surface area contributed by atoms with Gasteiger partial charge in [-0.05, 0) is 55.1 Å². The Bertz CT molecular complexity index is 582. The minimum absolute atomic E-state index is 0.494. The molecule has 0 amide bonds. The average Bonchev–Trinajstić information content (AvgIpc) is 2.62. The van der Waals surface area contributed by atoms with E-state index >= 15 is 0 Å². The number of ether oxygens (including phenoxy) is 1. The number of rotatable bonds is 6. The number of hydrogen-bond donors (Lipinski definition) is 0. The molecule has 1 aliphatic rings. The molecule has 3 nitrogen and oxygen atoms in total. The van der Waals surface area contributed by atoms with Gasteiger partial charge in [0.15, 0.2) is 0 Å². The van der Waals surface area contributed by atoms with Crippen molar-refractivity contribution in [2.24, 2.45) is 0 Å². The minimum Gasteiger partial charge on any atom is -0.494 e. The van der Waals surface area contributed by atoms with Crippen molar-refractivity contribution in [3.05, 3.63) is 59.9 Å². The van der Waals surface area contributed by atoms with Gasteiger partial charge in [0.05, 0.1) is 6.61 Å². The molecule has 0 saturated carbocycles. The second-order valence-corrected chi connectivity index (χ2v) is 6.26. The van der Waals surface area contributed by atoms with E-state index in [1.807, 2.05) is 18.5 Å². The fourth-order valence-corrected chi connectivity index (χ4v) is 3.28. The molecule has 1 fully saturated rings. The number of piperidine rings is 1. The highest BCUT2D eigenvalue weighted by molar-refractivity contribution is 5.27. The Morgan fingerprint density at radius 2 is 2.04 bits per heavy atom. The van der Waals surface area contributed by atoms with Crippen LogP contribution < -0.4 is 4.74 Å². The maximum absolute atomic E-state index is 5.67. The topological polar surface area (TPSA) is 25.4 Å². The minimum atomic E-state index is 0.494. The molecular formula is C20H26N2O. The molecule has 0 aliphatic carbocycles. The zero-order chi connectivity index (χ0) is 15.9. The van der Waals surface area contributed by atoms with E-state index in [1.165, 1.54) is 30.4 Å². The Balaban J connectivity index is 1.67. The highest BCUT2D eigenvalue weighted by Crippen LogP contribution is 2.31. The van der Waals surface area contributed by atoms with Crippen LogP contribution in [0.1, 0.15) is 49.8 Å². The summed E-state index contributed by atoms with van der Waals surface area (Å²) in [7, 11) is 0. The summed E-state index contributed by atoms with van der Waals surface area (Å²) >= 11 is 0. The number of hydrogen-bond acceptors (Lipinski definition) is 3. The molecule has 1 unspecified atom stereocenters. The Hall–Kier alpha value is -1.87. The van der Waals surface area contributed by atoms with E-state index in [0.29, 0.717) is 6.04 Å². The Morgan fingerprint density at radius 3 is 2.78 bits per heavy atom. The molecule has 2 heterocycles. The summed E-state index contributed by atoms with van der Waals surface area (Å²) in [6.07, 6.45) is 8.73. The molecule has 0 radical (unpaired) electrons. The summed E-state index contributed by atoms with van der Waals surface area (Å²) in [6.45, 7) is 5.07. The molecule has 23 heavy (non-hydrogen) atoms. The summed E-state index contributed by atoms with van der Waals surface area (Å²) in [5.74, 6) is 0.970. The molecule has 0 bridgehead atoms. The number of benzene rings is 1. The van der Waals surface area contributed by atoms with Crippen LogP contribution in [0.25, 0.3) is 0 Å². The molecule has 0 N–H and O–H groups in total. The van der Waals surface area contributed by atoms with E-state index in [4.69, 9.17) is 4.74 Å². The van der Waals surface area contributed by atoms with Crippen molar-refractivity contribution in [1.82, 2.24) is 9.88 Å². The first-order valence-electron chi connectivity index (χ1n) is 8.72. The van der Waals surface area contributed by atoms with Crippen molar-refractivity contribution >= 4 is 0 Å². The molecular weight excluding hydrogens is 284 g/mol. The molecule has 0 spiro atoms. The average molecular weight is 310 g/mol. The molecule has 1 aromatic carbocycles. The second-order valence-electron chi connectivity index (χ2n) is 6.26. The molecule has 3 heteroatoms. The first kappa shape index (κ1) is 16.0. The Morgan fingerprint density at radius 1 is 1.17 bits per heavy atom. The first-order valence-corrected chi connectivity index (χ1v) is 8.72. The third-order valence-corrected chi connectivity index (χ3v) is 4.46. The maximum atomic E-state index is 5.67. The van der Waals surface area contributed by atoms with Gasteiger partial charge in [-0.15, -0.1) is 0 Å². The zero-order valence-electron chi connectivity index (χ0n) is 13.9. The van der Waals surface area contributed by atoms with Crippen LogP contribution in [0.2, 0.25) is 0 Å². The van der Waals surface area contributed by atoms with E-state index in [1.54, 1.807) is 0 Å². The van der Waals surface area contributed by atoms with Gasteiger partial charge in [-0.25, -0.2) is 0 Å². The van der Waals surface area contributed by atoms with Gasteiger partial charge in [-0.3, -0.25) is 9.88 Å². The summed E-state index contributed by atoms with van der Waals surface area (Å²) in [5, 5.41) is 0. The molecule has 1 atom stereocenters. The summed E-state index contributed by atoms with van der Waals surface area (Å²) in [4.78, 5) is 6.88. The van der Waals surface area contributed by atoms with Crippen molar-refractivity contribution in [3.63, 3.8) is 0 Å². The predicted molar refractivity (Wildman–Crippen MR) is 93.5 cm³/mol. The van der Waals surface area contributed by atoms with Crippen molar-refractivity contribution in [2.45, 2.75) is 45.2 Å². The van der Waals surface area contributed by atoms with E-state index in [9.17, 15) is 0 Å². The van der Waals surface area contributed by atoms with Crippen LogP contribution in [0.3, 0.4) is 0 Å². The predicted octanol–water partition coefficient (Wildman–Crippen LogP) is 4.60. The molecule has 1 aromatic heterocycles. The van der Waals surface area contributed by atoms with Gasteiger partial charge in [0.1, 0.15) is 5.75 Å². The van der Waals surface area contributed by atoms with Crippen LogP contribution >= 0.6 is 0 Å². The second kappa shape index (κ2) is 8.11. The normalized spacial score (nSPS) is 18.7. The van der Waals surface area contributed by atoms with Crippen LogP contribution in [-0.2, 0) is 6.54 Å². The van der Waals surface area contributed by atoms with Crippen molar-refractivity contribution < 1.29 is 4.74 Å². The van der Waals surface area contributed by atoms with Gasteiger partial charge >= 0.3 is 0 Å². The van der Waals surface area contributed by atoms with Gasteiger partial charge in [0, 0.05) is 25.0 Å². The number of pyridine rings is 1. The standard InChI is InChI=1S/C20H26N2O/c1-2-14-23-19-10-8-17(9-11-19)16-22-13-4-3-7-20(22)18-6-5-12-21-15-18/h5-6,8-12,15,20H,2-4,7,13-14,16H2,1H3. The van der Waals surface area contributed by atoms with E-state index < -0.39 is 0 Å². The van der Waals surface area contributed by atoms with Gasteiger partial charge in [0.25, 0.3) is 0 Å². The SMILES string of the molecule is CCCOc1ccc(CN2CCCCC2c2cccnc2)cc1. The molecule has 1 aliphatic heterocycles. The van der Waals surface area contributed by atoms with Gasteiger partial charge in [-0.1, -0.05) is 31.5 Å². The highest BCUT2D eigenvalue weighted by atomic mass is 16.5. The smallest absolute Gasteiger partial charge is 0.119 e. The summed E-state index contributed by atoms with van der Waals surface area (Å²) in [6, 6.07) is 13.3. The lowest BCUT2D eigenvalue weighted by Gasteiger charge is -2.36. The fourth-order valence-electron chi connectivity index (χ4n) is 3.28. The summed E-state index contributed by atoms with van der Waals surface area (Å²) in [5.41, 5.74) is 2.69. The van der Waals surface area contributed by atoms with Gasteiger partial charge in [0.2, 0.25) is 0 Å². The van der Waals surface area contributed by atoms with Crippen LogP contribution in [0.15, 0.2) is 48.8 Å². The summed E-state index contributed by atoms with van der Waals surface area (Å²) < 4.78 is 5.67. The van der Waals surface area contributed by atoms with E-state index in [-0.39, 0.29) is 0 Å². The first-order chi connectivity index (χ1) is 11.4. The number of likely N-dealkylation sites (tertiary alicyclic amines) is 1. The molecule has 3 rings (SSSR count). The Kier molecular flexibility index (Phi) is 5.65. The molecule has 1 saturated heterocycles. The lowest BCUT2D eigenvalue weighted by molar-refractivity contribution is 0.140. The van der Waals surface area contributed by atoms with Crippen molar-refractivity contribution in [3.8, 4) is 5.75 Å². The Labute approximate surface area is 139 Å². The zero-order valence-corrected chi connectivity index (χ0v) is 13.9. The fraction of sp³-hybridized carbons (Fsp3) is 0.450. The highest BCUT2D eigenvalue weighted by Gasteiger charge is 2.23. The van der Waals surface area contributed by atoms with E-state index in [0.717, 1.165) is 31.9 Å². The lowest BCUT2D eigenvalue weighted by atomic mass is 9.96. The van der Waals surface area contributed by atoms with Gasteiger partial charge in [-0.2, -0.15) is 0 Å². The quantitative estimate of drug-likeness (QED) is 0.780. The van der Waals surface area contributed by atoms with Crippen molar-refractivity contribution in [2.75, 3.05) is 13.2 Å². The monoisotopic (exact) mass is 310 g/mol. The third kappa shape index (κ3) is 4.32. The number of aromatic nitrogens is 1. The van der Waals surface area contributed by atoms with E-state index in [2.05, 4.69) is 47.1 Å². The molecule has 2 aromatic rings. The lowest BCUT2D eigenvalue weighted by Crippen LogP contribution is -2.32. The maximum Gasteiger partial charge on any atom is 0.119 e. The van der Waals surface area contributed by atoms with Crippen molar-refractivity contribution in [1.29, 1.82) is 0 Å². The van der Waals surface area contributed by atoms with Crippen LogP contribution in [0, 0.1) is 0 Å². The largest absolute Gasteiger partial charge is 0.494 e. The van der Waals surface area contributed by atoms with Crippen LogP contribution in [0.5, 0.6) is 5.75 Å². The third-order valence-electron chi connectivity index (χ3n) is 4.46. The van der Waals surface area contributed by atoms with Gasteiger partial charge < -0.3 is 4.74 Å². The van der Waals surface area contributed by atoms with Crippen LogP contribution in [-0.4, -0.2) is 23.0 Å². The van der Waals surface area contributed by atoms with Crippen LogP contribution in [0.4, 0.5) is 0 Å². The number of nitrogens with zero attached hydrogens (tertiary/aromatic N) is 2.